The van der Waals surface area contributed by atoms with Crippen LogP contribution >= 0.6 is 11.6 Å². The van der Waals surface area contributed by atoms with Crippen molar-refractivity contribution in [1.82, 2.24) is 4.98 Å². The summed E-state index contributed by atoms with van der Waals surface area (Å²) < 4.78 is 0. The van der Waals surface area contributed by atoms with Crippen LogP contribution in [0.5, 0.6) is 0 Å². The minimum Gasteiger partial charge on any atom is -0.396 e. The van der Waals surface area contributed by atoms with Gasteiger partial charge in [-0.05, 0) is 18.4 Å². The molecule has 0 aliphatic heterocycles. The molecule has 2 N–H and O–H groups in total. The molecule has 0 saturated heterocycles. The smallest absolute Gasteiger partial charge is 0.151 e. The molecule has 0 amide bonds. The maximum atomic E-state index is 5.91. The number of aromatic nitrogens is 1. The van der Waals surface area contributed by atoms with Crippen LogP contribution < -0.4 is 10.6 Å². The van der Waals surface area contributed by atoms with Crippen molar-refractivity contribution in [1.29, 1.82) is 0 Å². The molecule has 0 fully saturated rings. The van der Waals surface area contributed by atoms with E-state index in [1.807, 2.05) is 7.05 Å². The van der Waals surface area contributed by atoms with Gasteiger partial charge in [-0.1, -0.05) is 32.4 Å². The molecule has 1 aromatic rings. The Morgan fingerprint density at radius 2 is 2.00 bits per heavy atom. The van der Waals surface area contributed by atoms with Crippen molar-refractivity contribution in [3.05, 3.63) is 17.3 Å². The maximum Gasteiger partial charge on any atom is 0.151 e. The lowest BCUT2D eigenvalue weighted by molar-refractivity contribution is 0.329. The Morgan fingerprint density at radius 1 is 1.44 bits per heavy atom. The predicted molar refractivity (Wildman–Crippen MR) is 71.0 cm³/mol. The highest BCUT2D eigenvalue weighted by Crippen LogP contribution is 2.30. The number of hydrogen-bond donors (Lipinski definition) is 1. The van der Waals surface area contributed by atoms with E-state index < -0.39 is 0 Å². The average Bonchev–Trinajstić information content (AvgIpc) is 2.14. The molecule has 1 atom stereocenters. The van der Waals surface area contributed by atoms with Crippen LogP contribution in [0.25, 0.3) is 0 Å². The molecule has 0 aromatic carbocycles. The molecule has 0 aliphatic carbocycles. The van der Waals surface area contributed by atoms with E-state index in [4.69, 9.17) is 17.3 Å². The van der Waals surface area contributed by atoms with Gasteiger partial charge < -0.3 is 10.6 Å². The zero-order chi connectivity index (χ0) is 12.5. The van der Waals surface area contributed by atoms with Crippen LogP contribution in [-0.4, -0.2) is 18.1 Å². The molecule has 0 bridgehead atoms. The molecule has 0 aliphatic rings. The minimum absolute atomic E-state index is 0.169. The molecule has 1 aromatic heterocycles. The van der Waals surface area contributed by atoms with Gasteiger partial charge in [0.15, 0.2) is 5.82 Å². The van der Waals surface area contributed by atoms with E-state index in [-0.39, 0.29) is 5.41 Å². The largest absolute Gasteiger partial charge is 0.396 e. The van der Waals surface area contributed by atoms with Crippen LogP contribution in [0, 0.1) is 5.41 Å². The number of anilines is 2. The van der Waals surface area contributed by atoms with Crippen molar-refractivity contribution < 1.29 is 0 Å². The Balaban J connectivity index is 3.01. The average molecular weight is 242 g/mol. The van der Waals surface area contributed by atoms with Crippen LogP contribution in [0.2, 0.25) is 5.02 Å². The van der Waals surface area contributed by atoms with E-state index in [9.17, 15) is 0 Å². The molecular formula is C12H20ClN3. The van der Waals surface area contributed by atoms with Gasteiger partial charge in [-0.3, -0.25) is 0 Å². The van der Waals surface area contributed by atoms with Crippen LogP contribution in [0.1, 0.15) is 27.7 Å². The second-order valence-corrected chi connectivity index (χ2v) is 5.66. The highest BCUT2D eigenvalue weighted by Gasteiger charge is 2.25. The van der Waals surface area contributed by atoms with E-state index in [2.05, 4.69) is 37.6 Å². The van der Waals surface area contributed by atoms with Gasteiger partial charge in [0.25, 0.3) is 0 Å². The van der Waals surface area contributed by atoms with Crippen LogP contribution in [-0.2, 0) is 0 Å². The van der Waals surface area contributed by atoms with Gasteiger partial charge in [0, 0.05) is 19.3 Å². The SMILES string of the molecule is CC(N(C)c1ncc(Cl)cc1N)C(C)(C)C. The van der Waals surface area contributed by atoms with Gasteiger partial charge in [0.2, 0.25) is 0 Å². The molecule has 1 unspecified atom stereocenters. The van der Waals surface area contributed by atoms with Crippen molar-refractivity contribution in [3.63, 3.8) is 0 Å². The standard InChI is InChI=1S/C12H20ClN3/c1-8(12(2,3)4)16(5)11-10(14)6-9(13)7-15-11/h6-8H,14H2,1-5H3. The topological polar surface area (TPSA) is 42.2 Å². The predicted octanol–water partition coefficient (Wildman–Crippen LogP) is 3.19. The van der Waals surface area contributed by atoms with Crippen molar-refractivity contribution in [3.8, 4) is 0 Å². The fraction of sp³-hybridized carbons (Fsp3) is 0.583. The van der Waals surface area contributed by atoms with E-state index >= 15 is 0 Å². The fourth-order valence-electron chi connectivity index (χ4n) is 1.51. The summed E-state index contributed by atoms with van der Waals surface area (Å²) in [7, 11) is 2.00. The first-order valence-electron chi connectivity index (χ1n) is 5.37. The van der Waals surface area contributed by atoms with Crippen LogP contribution in [0.4, 0.5) is 11.5 Å². The van der Waals surface area contributed by atoms with E-state index in [1.165, 1.54) is 0 Å². The summed E-state index contributed by atoms with van der Waals surface area (Å²) in [6, 6.07) is 2.07. The minimum atomic E-state index is 0.169. The molecule has 4 heteroatoms. The van der Waals surface area contributed by atoms with Crippen molar-refractivity contribution in [2.45, 2.75) is 33.7 Å². The first-order valence-corrected chi connectivity index (χ1v) is 5.75. The summed E-state index contributed by atoms with van der Waals surface area (Å²) in [5, 5.41) is 0.568. The lowest BCUT2D eigenvalue weighted by atomic mass is 9.87. The molecule has 0 radical (unpaired) electrons. The second kappa shape index (κ2) is 4.50. The van der Waals surface area contributed by atoms with Gasteiger partial charge in [0.05, 0.1) is 10.7 Å². The Kier molecular flexibility index (Phi) is 3.68. The molecule has 0 spiro atoms. The summed E-state index contributed by atoms with van der Waals surface area (Å²) in [6.45, 7) is 8.75. The third kappa shape index (κ3) is 2.79. The van der Waals surface area contributed by atoms with Crippen molar-refractivity contribution >= 4 is 23.1 Å². The second-order valence-electron chi connectivity index (χ2n) is 5.22. The van der Waals surface area contributed by atoms with Crippen molar-refractivity contribution in [2.24, 2.45) is 5.41 Å². The Hall–Kier alpha value is -0.960. The lowest BCUT2D eigenvalue weighted by Crippen LogP contribution is -2.40. The van der Waals surface area contributed by atoms with Gasteiger partial charge >= 0.3 is 0 Å². The fourth-order valence-corrected chi connectivity index (χ4v) is 1.67. The maximum absolute atomic E-state index is 5.91. The summed E-state index contributed by atoms with van der Waals surface area (Å²) in [6.07, 6.45) is 1.62. The highest BCUT2D eigenvalue weighted by molar-refractivity contribution is 6.30. The van der Waals surface area contributed by atoms with Crippen molar-refractivity contribution in [2.75, 3.05) is 17.7 Å². The summed E-state index contributed by atoms with van der Waals surface area (Å²) >= 11 is 5.83. The van der Waals surface area contributed by atoms with E-state index in [1.54, 1.807) is 12.3 Å². The Morgan fingerprint density at radius 3 is 2.44 bits per heavy atom. The molecule has 16 heavy (non-hydrogen) atoms. The van der Waals surface area contributed by atoms with E-state index in [0.717, 1.165) is 5.82 Å². The van der Waals surface area contributed by atoms with Gasteiger partial charge in [-0.25, -0.2) is 4.98 Å². The van der Waals surface area contributed by atoms with E-state index in [0.29, 0.717) is 16.8 Å². The Bertz CT molecular complexity index is 371. The molecule has 3 nitrogen and oxygen atoms in total. The number of hydrogen-bond acceptors (Lipinski definition) is 3. The van der Waals surface area contributed by atoms with Gasteiger partial charge in [-0.15, -0.1) is 0 Å². The zero-order valence-electron chi connectivity index (χ0n) is 10.6. The quantitative estimate of drug-likeness (QED) is 0.865. The van der Waals surface area contributed by atoms with Gasteiger partial charge in [0.1, 0.15) is 0 Å². The summed E-state index contributed by atoms with van der Waals surface area (Å²) in [5.41, 5.74) is 6.70. The lowest BCUT2D eigenvalue weighted by Gasteiger charge is -2.36. The number of pyridine rings is 1. The number of rotatable bonds is 2. The Labute approximate surface area is 103 Å². The third-order valence-electron chi connectivity index (χ3n) is 3.03. The van der Waals surface area contributed by atoms with Crippen LogP contribution in [0.3, 0.4) is 0 Å². The molecular weight excluding hydrogens is 222 g/mol. The third-order valence-corrected chi connectivity index (χ3v) is 3.24. The monoisotopic (exact) mass is 241 g/mol. The molecule has 90 valence electrons. The summed E-state index contributed by atoms with van der Waals surface area (Å²) in [4.78, 5) is 6.37. The normalized spacial score (nSPS) is 13.6. The molecule has 0 saturated carbocycles. The summed E-state index contributed by atoms with van der Waals surface area (Å²) in [5.74, 6) is 0.784. The zero-order valence-corrected chi connectivity index (χ0v) is 11.3. The number of halogens is 1. The number of nitrogens with zero attached hydrogens (tertiary/aromatic N) is 2. The first kappa shape index (κ1) is 13.1. The number of nitrogen functional groups attached to an aromatic ring is 1. The molecule has 1 rings (SSSR count). The van der Waals surface area contributed by atoms with Crippen LogP contribution in [0.15, 0.2) is 12.3 Å². The first-order chi connectivity index (χ1) is 7.23. The number of nitrogens with two attached hydrogens (primary N) is 1. The highest BCUT2D eigenvalue weighted by atomic mass is 35.5. The molecule has 1 heterocycles. The van der Waals surface area contributed by atoms with Gasteiger partial charge in [-0.2, -0.15) is 0 Å².